The fourth-order valence-electron chi connectivity index (χ4n) is 2.75. The van der Waals surface area contributed by atoms with E-state index in [2.05, 4.69) is 0 Å². The lowest BCUT2D eigenvalue weighted by atomic mass is 9.91. The van der Waals surface area contributed by atoms with E-state index in [-0.39, 0.29) is 18.1 Å². The molecule has 1 N–H and O–H groups in total. The summed E-state index contributed by atoms with van der Waals surface area (Å²) in [7, 11) is -3.25. The normalized spacial score (nSPS) is 17.0. The van der Waals surface area contributed by atoms with Gasteiger partial charge in [0.2, 0.25) is 0 Å². The van der Waals surface area contributed by atoms with Crippen LogP contribution in [0.15, 0.2) is 29.2 Å². The van der Waals surface area contributed by atoms with Crippen LogP contribution in [0.3, 0.4) is 0 Å². The van der Waals surface area contributed by atoms with E-state index in [1.54, 1.807) is 12.1 Å². The number of aliphatic carboxylic acids is 1. The molecule has 0 saturated heterocycles. The van der Waals surface area contributed by atoms with Crippen LogP contribution in [0, 0.1) is 5.92 Å². The van der Waals surface area contributed by atoms with Crippen molar-refractivity contribution in [2.24, 2.45) is 5.92 Å². The molecule has 0 aromatic heterocycles. The minimum absolute atomic E-state index is 0.0804. The third kappa shape index (κ3) is 4.07. The molecule has 1 aliphatic rings. The van der Waals surface area contributed by atoms with Gasteiger partial charge in [0, 0.05) is 0 Å². The van der Waals surface area contributed by atoms with Gasteiger partial charge >= 0.3 is 5.97 Å². The third-order valence-corrected chi connectivity index (χ3v) is 5.72. The highest BCUT2D eigenvalue weighted by Crippen LogP contribution is 2.27. The monoisotopic (exact) mass is 296 g/mol. The van der Waals surface area contributed by atoms with Gasteiger partial charge in [0.25, 0.3) is 0 Å². The number of sulfone groups is 1. The molecule has 4 nitrogen and oxygen atoms in total. The quantitative estimate of drug-likeness (QED) is 0.906. The van der Waals surface area contributed by atoms with Gasteiger partial charge in [-0.3, -0.25) is 4.79 Å². The van der Waals surface area contributed by atoms with Gasteiger partial charge in [0.1, 0.15) is 0 Å². The van der Waals surface area contributed by atoms with E-state index in [1.165, 1.54) is 18.6 Å². The Hall–Kier alpha value is -1.36. The molecule has 0 atom stereocenters. The molecule has 1 fully saturated rings. The molecule has 110 valence electrons. The van der Waals surface area contributed by atoms with Gasteiger partial charge in [-0.15, -0.1) is 0 Å². The Labute approximate surface area is 119 Å². The second-order valence-corrected chi connectivity index (χ2v) is 7.53. The summed E-state index contributed by atoms with van der Waals surface area (Å²) in [5.41, 5.74) is 0.620. The highest BCUT2D eigenvalue weighted by molar-refractivity contribution is 7.91. The molecule has 1 aliphatic carbocycles. The molecule has 1 aromatic rings. The first kappa shape index (κ1) is 15.0. The lowest BCUT2D eigenvalue weighted by molar-refractivity contribution is -0.136. The van der Waals surface area contributed by atoms with Gasteiger partial charge in [-0.25, -0.2) is 8.42 Å². The zero-order chi connectivity index (χ0) is 14.6. The summed E-state index contributed by atoms with van der Waals surface area (Å²) in [5, 5.41) is 8.69. The van der Waals surface area contributed by atoms with Gasteiger partial charge in [0.05, 0.1) is 17.1 Å². The van der Waals surface area contributed by atoms with Gasteiger partial charge in [-0.2, -0.15) is 0 Å². The first-order valence-electron chi connectivity index (χ1n) is 7.01. The van der Waals surface area contributed by atoms with Crippen molar-refractivity contribution >= 4 is 15.8 Å². The zero-order valence-electron chi connectivity index (χ0n) is 11.4. The van der Waals surface area contributed by atoms with Crippen LogP contribution >= 0.6 is 0 Å². The molecule has 0 spiro atoms. The van der Waals surface area contributed by atoms with E-state index in [9.17, 15) is 13.2 Å². The topological polar surface area (TPSA) is 71.4 Å². The Bertz CT molecular complexity index is 554. The second kappa shape index (κ2) is 6.39. The number of benzene rings is 1. The molecule has 0 heterocycles. The second-order valence-electron chi connectivity index (χ2n) is 5.50. The summed E-state index contributed by atoms with van der Waals surface area (Å²) in [4.78, 5) is 10.9. The average molecular weight is 296 g/mol. The van der Waals surface area contributed by atoms with Gasteiger partial charge in [-0.05, 0) is 36.5 Å². The Morgan fingerprint density at radius 2 is 1.70 bits per heavy atom. The van der Waals surface area contributed by atoms with Crippen molar-refractivity contribution in [1.82, 2.24) is 0 Å². The van der Waals surface area contributed by atoms with E-state index in [1.807, 2.05) is 0 Å². The molecule has 2 rings (SSSR count). The minimum Gasteiger partial charge on any atom is -0.481 e. The smallest absolute Gasteiger partial charge is 0.307 e. The average Bonchev–Trinajstić information content (AvgIpc) is 2.39. The Balaban J connectivity index is 2.06. The first-order valence-corrected chi connectivity index (χ1v) is 8.66. The van der Waals surface area contributed by atoms with Crippen molar-refractivity contribution in [1.29, 1.82) is 0 Å². The van der Waals surface area contributed by atoms with Crippen LogP contribution in [-0.2, 0) is 21.1 Å². The highest BCUT2D eigenvalue weighted by atomic mass is 32.2. The lowest BCUT2D eigenvalue weighted by Gasteiger charge is -2.21. The predicted octanol–water partition coefficient (Wildman–Crippen LogP) is 2.67. The lowest BCUT2D eigenvalue weighted by Crippen LogP contribution is -2.18. The minimum atomic E-state index is -3.25. The maximum atomic E-state index is 12.3. The van der Waals surface area contributed by atoms with Gasteiger partial charge in [0.15, 0.2) is 9.84 Å². The van der Waals surface area contributed by atoms with E-state index in [0.717, 1.165) is 25.7 Å². The highest BCUT2D eigenvalue weighted by Gasteiger charge is 2.22. The molecule has 0 radical (unpaired) electrons. The third-order valence-electron chi connectivity index (χ3n) is 3.82. The van der Waals surface area contributed by atoms with Crippen molar-refractivity contribution in [3.8, 4) is 0 Å². The van der Waals surface area contributed by atoms with Crippen molar-refractivity contribution < 1.29 is 18.3 Å². The summed E-state index contributed by atoms with van der Waals surface area (Å²) in [5.74, 6) is -0.430. The van der Waals surface area contributed by atoms with Crippen LogP contribution in [0.4, 0.5) is 0 Å². The van der Waals surface area contributed by atoms with Crippen LogP contribution in [0.5, 0.6) is 0 Å². The zero-order valence-corrected chi connectivity index (χ0v) is 12.2. The van der Waals surface area contributed by atoms with Crippen molar-refractivity contribution in [2.75, 3.05) is 5.75 Å². The van der Waals surface area contributed by atoms with E-state index in [0.29, 0.717) is 10.5 Å². The van der Waals surface area contributed by atoms with Crippen LogP contribution in [-0.4, -0.2) is 25.2 Å². The molecule has 0 amide bonds. The molecule has 1 saturated carbocycles. The first-order chi connectivity index (χ1) is 9.47. The van der Waals surface area contributed by atoms with Crippen molar-refractivity contribution in [2.45, 2.75) is 43.4 Å². The number of hydrogen-bond donors (Lipinski definition) is 1. The molecule has 1 aromatic carbocycles. The fraction of sp³-hybridized carbons (Fsp3) is 0.533. The Morgan fingerprint density at radius 1 is 1.10 bits per heavy atom. The molecule has 5 heteroatoms. The number of carboxylic acid groups (broad SMARTS) is 1. The SMILES string of the molecule is O=C(O)Cc1ccc(S(=O)(=O)CC2CCCCC2)cc1. The number of hydrogen-bond acceptors (Lipinski definition) is 3. The summed E-state index contributed by atoms with van der Waals surface area (Å²) < 4.78 is 24.6. The van der Waals surface area contributed by atoms with Crippen molar-refractivity contribution in [3.63, 3.8) is 0 Å². The number of carboxylic acids is 1. The number of carbonyl (C=O) groups is 1. The molecular weight excluding hydrogens is 276 g/mol. The summed E-state index contributed by atoms with van der Waals surface area (Å²) in [6.45, 7) is 0. The molecule has 0 bridgehead atoms. The van der Waals surface area contributed by atoms with Crippen LogP contribution in [0.25, 0.3) is 0 Å². The van der Waals surface area contributed by atoms with E-state index < -0.39 is 15.8 Å². The molecular formula is C15H20O4S. The number of rotatable bonds is 5. The summed E-state index contributed by atoms with van der Waals surface area (Å²) >= 11 is 0. The van der Waals surface area contributed by atoms with Gasteiger partial charge < -0.3 is 5.11 Å². The molecule has 20 heavy (non-hydrogen) atoms. The Morgan fingerprint density at radius 3 is 2.25 bits per heavy atom. The molecule has 0 unspecified atom stereocenters. The van der Waals surface area contributed by atoms with Crippen LogP contribution in [0.1, 0.15) is 37.7 Å². The summed E-state index contributed by atoms with van der Waals surface area (Å²) in [6.07, 6.45) is 5.37. The van der Waals surface area contributed by atoms with Crippen LogP contribution < -0.4 is 0 Å². The fourth-order valence-corrected chi connectivity index (χ4v) is 4.45. The predicted molar refractivity (Wildman–Crippen MR) is 76.4 cm³/mol. The maximum absolute atomic E-state index is 12.3. The largest absolute Gasteiger partial charge is 0.481 e. The summed E-state index contributed by atoms with van der Waals surface area (Å²) in [6, 6.07) is 6.22. The Kier molecular flexibility index (Phi) is 4.81. The van der Waals surface area contributed by atoms with E-state index in [4.69, 9.17) is 5.11 Å². The van der Waals surface area contributed by atoms with Gasteiger partial charge in [-0.1, -0.05) is 31.4 Å². The van der Waals surface area contributed by atoms with Crippen molar-refractivity contribution in [3.05, 3.63) is 29.8 Å². The van der Waals surface area contributed by atoms with Crippen LogP contribution in [0.2, 0.25) is 0 Å². The molecule has 0 aliphatic heterocycles. The standard InChI is InChI=1S/C15H20O4S/c16-15(17)10-12-6-8-14(9-7-12)20(18,19)11-13-4-2-1-3-5-13/h6-9,13H,1-5,10-11H2,(H,16,17). The maximum Gasteiger partial charge on any atom is 0.307 e. The van der Waals surface area contributed by atoms with E-state index >= 15 is 0 Å².